The number of hydrogen-bond donors (Lipinski definition) is 3. The maximum Gasteiger partial charge on any atom is 0.355 e. The Bertz CT molecular complexity index is 1020. The molecule has 1 aromatic carbocycles. The fourth-order valence-electron chi connectivity index (χ4n) is 3.32. The molecule has 0 saturated heterocycles. The molecule has 0 saturated carbocycles. The average molecular weight is 398 g/mol. The van der Waals surface area contributed by atoms with Crippen molar-refractivity contribution < 1.29 is 29.0 Å². The molecule has 1 aromatic heterocycles. The van der Waals surface area contributed by atoms with Crippen molar-refractivity contribution in [2.45, 2.75) is 26.7 Å². The number of carboxylic acids is 1. The van der Waals surface area contributed by atoms with E-state index in [2.05, 4.69) is 10.3 Å². The molecule has 2 aromatic rings. The Labute approximate surface area is 167 Å². The van der Waals surface area contributed by atoms with Gasteiger partial charge in [-0.3, -0.25) is 9.59 Å². The lowest BCUT2D eigenvalue weighted by atomic mass is 10.0. The Kier molecular flexibility index (Phi) is 5.72. The Morgan fingerprint density at radius 3 is 2.69 bits per heavy atom. The maximum absolute atomic E-state index is 12.5. The number of benzene rings is 1. The van der Waals surface area contributed by atoms with Gasteiger partial charge in [0, 0.05) is 23.4 Å². The number of amides is 1. The molecule has 3 rings (SSSR count). The van der Waals surface area contributed by atoms with Crippen molar-refractivity contribution in [3.8, 4) is 5.75 Å². The molecule has 0 unspecified atom stereocenters. The lowest BCUT2D eigenvalue weighted by molar-refractivity contribution is -0.137. The average Bonchev–Trinajstić information content (AvgIpc) is 3.16. The molecule has 0 aliphatic carbocycles. The lowest BCUT2D eigenvalue weighted by Gasteiger charge is -2.04. The smallest absolute Gasteiger partial charge is 0.355 e. The first kappa shape index (κ1) is 20.2. The molecule has 2 heterocycles. The van der Waals surface area contributed by atoms with Gasteiger partial charge in [0.1, 0.15) is 11.4 Å². The summed E-state index contributed by atoms with van der Waals surface area (Å²) in [7, 11) is 1.54. The van der Waals surface area contributed by atoms with Crippen molar-refractivity contribution in [3.05, 3.63) is 46.3 Å². The number of hydrogen-bond acceptors (Lipinski definition) is 5. The van der Waals surface area contributed by atoms with E-state index in [0.717, 1.165) is 0 Å². The van der Waals surface area contributed by atoms with Crippen LogP contribution < -0.4 is 10.1 Å². The highest BCUT2D eigenvalue weighted by Crippen LogP contribution is 2.36. The van der Waals surface area contributed by atoms with Crippen LogP contribution in [0.25, 0.3) is 11.6 Å². The molecule has 3 N–H and O–H groups in total. The Balaban J connectivity index is 2.10. The van der Waals surface area contributed by atoms with E-state index in [1.165, 1.54) is 0 Å². The van der Waals surface area contributed by atoms with Crippen LogP contribution in [0.15, 0.2) is 18.2 Å². The Hall–Kier alpha value is -3.55. The van der Waals surface area contributed by atoms with Crippen LogP contribution in [0.4, 0.5) is 5.69 Å². The van der Waals surface area contributed by atoms with E-state index in [0.29, 0.717) is 39.4 Å². The first-order valence-electron chi connectivity index (χ1n) is 9.17. The van der Waals surface area contributed by atoms with Crippen LogP contribution in [0, 0.1) is 6.92 Å². The third-order valence-electron chi connectivity index (χ3n) is 4.78. The van der Waals surface area contributed by atoms with Gasteiger partial charge >= 0.3 is 11.9 Å². The number of H-pyrrole nitrogens is 1. The van der Waals surface area contributed by atoms with E-state index in [-0.39, 0.29) is 31.0 Å². The highest BCUT2D eigenvalue weighted by atomic mass is 16.5. The summed E-state index contributed by atoms with van der Waals surface area (Å²) in [6.07, 6.45) is 1.74. The van der Waals surface area contributed by atoms with Crippen molar-refractivity contribution in [1.82, 2.24) is 4.98 Å². The number of nitrogens with one attached hydrogen (secondary N) is 2. The fourth-order valence-corrected chi connectivity index (χ4v) is 3.32. The first-order valence-corrected chi connectivity index (χ1v) is 9.17. The molecule has 1 aliphatic rings. The van der Waals surface area contributed by atoms with Gasteiger partial charge < -0.3 is 24.9 Å². The predicted molar refractivity (Wildman–Crippen MR) is 107 cm³/mol. The number of carboxylic acid groups (broad SMARTS) is 1. The van der Waals surface area contributed by atoms with Gasteiger partial charge in [-0.2, -0.15) is 0 Å². The number of carbonyl (C=O) groups is 3. The zero-order valence-electron chi connectivity index (χ0n) is 16.4. The minimum atomic E-state index is -0.949. The fraction of sp³-hybridized carbons (Fsp3) is 0.286. The molecule has 0 bridgehead atoms. The number of carbonyl (C=O) groups excluding carboxylic acids is 2. The van der Waals surface area contributed by atoms with Gasteiger partial charge in [-0.25, -0.2) is 4.79 Å². The zero-order valence-corrected chi connectivity index (χ0v) is 16.4. The predicted octanol–water partition coefficient (Wildman–Crippen LogP) is 3.02. The number of aliphatic carboxylic acids is 1. The largest absolute Gasteiger partial charge is 0.497 e. The molecule has 0 fully saturated rings. The van der Waals surface area contributed by atoms with Crippen LogP contribution in [0.5, 0.6) is 5.75 Å². The van der Waals surface area contributed by atoms with Crippen molar-refractivity contribution >= 4 is 35.2 Å². The van der Waals surface area contributed by atoms with E-state index < -0.39 is 11.9 Å². The van der Waals surface area contributed by atoms with Gasteiger partial charge in [0.2, 0.25) is 0 Å². The summed E-state index contributed by atoms with van der Waals surface area (Å²) < 4.78 is 10.3. The second kappa shape index (κ2) is 8.22. The minimum absolute atomic E-state index is 0.103. The van der Waals surface area contributed by atoms with Crippen molar-refractivity contribution in [2.75, 3.05) is 19.0 Å². The summed E-state index contributed by atoms with van der Waals surface area (Å²) in [6.45, 7) is 3.65. The number of rotatable bonds is 7. The summed E-state index contributed by atoms with van der Waals surface area (Å²) >= 11 is 0. The maximum atomic E-state index is 12.5. The number of esters is 1. The van der Waals surface area contributed by atoms with Crippen LogP contribution in [0.2, 0.25) is 0 Å². The van der Waals surface area contributed by atoms with Crippen LogP contribution in [0.1, 0.15) is 46.2 Å². The van der Waals surface area contributed by atoms with Gasteiger partial charge in [0.05, 0.1) is 19.3 Å². The summed E-state index contributed by atoms with van der Waals surface area (Å²) in [5, 5.41) is 11.9. The topological polar surface area (TPSA) is 118 Å². The van der Waals surface area contributed by atoms with Crippen molar-refractivity contribution in [1.29, 1.82) is 0 Å². The van der Waals surface area contributed by atoms with Crippen LogP contribution in [-0.2, 0) is 20.7 Å². The molecule has 0 spiro atoms. The van der Waals surface area contributed by atoms with Gasteiger partial charge in [0.25, 0.3) is 5.91 Å². The number of aromatic amines is 1. The zero-order chi connectivity index (χ0) is 21.1. The molecule has 8 nitrogen and oxygen atoms in total. The Morgan fingerprint density at radius 1 is 1.28 bits per heavy atom. The van der Waals surface area contributed by atoms with Crippen molar-refractivity contribution in [2.24, 2.45) is 0 Å². The summed E-state index contributed by atoms with van der Waals surface area (Å²) in [5.41, 5.74) is 3.75. The number of ether oxygens (including phenoxy) is 2. The van der Waals surface area contributed by atoms with Crippen LogP contribution in [0.3, 0.4) is 0 Å². The second-order valence-electron chi connectivity index (χ2n) is 6.56. The SMILES string of the molecule is CCOC(=O)c1[nH]c(/C=C2\C(=O)Nc3ccc(OC)cc32)c(CCC(=O)O)c1C. The van der Waals surface area contributed by atoms with E-state index in [1.54, 1.807) is 45.2 Å². The molecule has 8 heteroatoms. The highest BCUT2D eigenvalue weighted by molar-refractivity contribution is 6.35. The second-order valence-corrected chi connectivity index (χ2v) is 6.56. The standard InChI is InChI=1S/C21H22N2O6/c1-4-29-21(27)19-11(2)13(6-8-18(24)25)17(22-19)10-15-14-9-12(28-3)5-7-16(14)23-20(15)26/h5,7,9-10,22H,4,6,8H2,1-3H3,(H,23,26)(H,24,25)/b15-10-. The molecular formula is C21H22N2O6. The molecule has 0 radical (unpaired) electrons. The summed E-state index contributed by atoms with van der Waals surface area (Å²) in [6, 6.07) is 5.25. The normalized spacial score (nSPS) is 13.9. The molecule has 0 atom stereocenters. The van der Waals surface area contributed by atoms with Gasteiger partial charge in [-0.15, -0.1) is 0 Å². The van der Waals surface area contributed by atoms with E-state index in [9.17, 15) is 14.4 Å². The lowest BCUT2D eigenvalue weighted by Crippen LogP contribution is -2.07. The highest BCUT2D eigenvalue weighted by Gasteiger charge is 2.27. The quantitative estimate of drug-likeness (QED) is 0.487. The Morgan fingerprint density at radius 2 is 2.03 bits per heavy atom. The number of aromatic nitrogens is 1. The van der Waals surface area contributed by atoms with Gasteiger partial charge in [-0.05, 0) is 55.7 Å². The first-order chi connectivity index (χ1) is 13.8. The van der Waals surface area contributed by atoms with Gasteiger partial charge in [-0.1, -0.05) is 0 Å². The molecule has 152 valence electrons. The molecule has 1 amide bonds. The van der Waals surface area contributed by atoms with Crippen LogP contribution in [-0.4, -0.2) is 41.7 Å². The third kappa shape index (κ3) is 4.01. The number of anilines is 1. The van der Waals surface area contributed by atoms with Crippen LogP contribution >= 0.6 is 0 Å². The van der Waals surface area contributed by atoms with Crippen molar-refractivity contribution in [3.63, 3.8) is 0 Å². The molecular weight excluding hydrogens is 376 g/mol. The summed E-state index contributed by atoms with van der Waals surface area (Å²) in [4.78, 5) is 38.9. The van der Waals surface area contributed by atoms with E-state index >= 15 is 0 Å². The van der Waals surface area contributed by atoms with Gasteiger partial charge in [0.15, 0.2) is 0 Å². The molecule has 29 heavy (non-hydrogen) atoms. The van der Waals surface area contributed by atoms with E-state index in [4.69, 9.17) is 14.6 Å². The third-order valence-corrected chi connectivity index (χ3v) is 4.78. The number of fused-ring (bicyclic) bond motifs is 1. The van der Waals surface area contributed by atoms with E-state index in [1.807, 2.05) is 0 Å². The monoisotopic (exact) mass is 398 g/mol. The number of methoxy groups -OCH3 is 1. The minimum Gasteiger partial charge on any atom is -0.497 e. The molecule has 1 aliphatic heterocycles. The summed E-state index contributed by atoms with van der Waals surface area (Å²) in [5.74, 6) is -1.16.